The lowest BCUT2D eigenvalue weighted by Gasteiger charge is -2.36. The summed E-state index contributed by atoms with van der Waals surface area (Å²) in [5, 5.41) is 5.14. The van der Waals surface area contributed by atoms with Crippen LogP contribution >= 0.6 is 0 Å². The standard InChI is InChI=1S/C20H21NO3/c22-18-13-16(20(24-18)11-4-1-5-12-20)19(23)21-17-10-6-8-14-7-2-3-9-15(14)17/h2-3,6-10,16H,1,4-5,11-13H2,(H,21,23)/t16-/m0/s1. The molecule has 124 valence electrons. The van der Waals surface area contributed by atoms with Crippen molar-refractivity contribution in [2.24, 2.45) is 5.92 Å². The van der Waals surface area contributed by atoms with E-state index in [-0.39, 0.29) is 24.2 Å². The number of nitrogens with one attached hydrogen (secondary N) is 1. The fourth-order valence-corrected chi connectivity index (χ4v) is 4.18. The molecular formula is C20H21NO3. The summed E-state index contributed by atoms with van der Waals surface area (Å²) in [5.74, 6) is -0.724. The molecule has 4 nitrogen and oxygen atoms in total. The largest absolute Gasteiger partial charge is 0.458 e. The Morgan fingerprint density at radius 3 is 2.62 bits per heavy atom. The number of anilines is 1. The van der Waals surface area contributed by atoms with Crippen LogP contribution in [0.15, 0.2) is 42.5 Å². The zero-order chi connectivity index (χ0) is 16.6. The molecule has 0 unspecified atom stereocenters. The number of rotatable bonds is 2. The van der Waals surface area contributed by atoms with E-state index in [2.05, 4.69) is 5.32 Å². The van der Waals surface area contributed by atoms with Gasteiger partial charge in [-0.1, -0.05) is 42.8 Å². The molecule has 1 saturated carbocycles. The van der Waals surface area contributed by atoms with Crippen LogP contribution < -0.4 is 5.32 Å². The molecule has 2 aliphatic rings. The van der Waals surface area contributed by atoms with Crippen LogP contribution in [0.3, 0.4) is 0 Å². The van der Waals surface area contributed by atoms with Gasteiger partial charge in [-0.2, -0.15) is 0 Å². The number of benzene rings is 2. The summed E-state index contributed by atoms with van der Waals surface area (Å²) in [6.45, 7) is 0. The molecule has 1 aliphatic carbocycles. The molecule has 1 amide bonds. The predicted octanol–water partition coefficient (Wildman–Crippen LogP) is 4.04. The van der Waals surface area contributed by atoms with Gasteiger partial charge >= 0.3 is 5.97 Å². The lowest BCUT2D eigenvalue weighted by molar-refractivity contribution is -0.153. The van der Waals surface area contributed by atoms with Gasteiger partial charge in [0.25, 0.3) is 0 Å². The number of hydrogen-bond acceptors (Lipinski definition) is 3. The number of carbonyl (C=O) groups is 2. The summed E-state index contributed by atoms with van der Waals surface area (Å²) < 4.78 is 5.65. The van der Waals surface area contributed by atoms with Crippen LogP contribution in [0, 0.1) is 5.92 Å². The normalized spacial score (nSPS) is 22.5. The van der Waals surface area contributed by atoms with E-state index in [0.29, 0.717) is 0 Å². The minimum atomic E-state index is -0.579. The summed E-state index contributed by atoms with van der Waals surface area (Å²) in [6, 6.07) is 13.8. The van der Waals surface area contributed by atoms with Crippen LogP contribution in [0.2, 0.25) is 0 Å². The molecule has 0 bridgehead atoms. The van der Waals surface area contributed by atoms with Gasteiger partial charge < -0.3 is 10.1 Å². The number of hydrogen-bond donors (Lipinski definition) is 1. The monoisotopic (exact) mass is 323 g/mol. The average molecular weight is 323 g/mol. The topological polar surface area (TPSA) is 55.4 Å². The number of esters is 1. The van der Waals surface area contributed by atoms with Crippen molar-refractivity contribution in [1.29, 1.82) is 0 Å². The van der Waals surface area contributed by atoms with Crippen molar-refractivity contribution in [3.05, 3.63) is 42.5 Å². The highest BCUT2D eigenvalue weighted by Gasteiger charge is 2.52. The van der Waals surface area contributed by atoms with Crippen LogP contribution in [0.1, 0.15) is 38.5 Å². The van der Waals surface area contributed by atoms with Gasteiger partial charge in [-0.25, -0.2) is 0 Å². The second kappa shape index (κ2) is 5.93. The fraction of sp³-hybridized carbons (Fsp3) is 0.400. The lowest BCUT2D eigenvalue weighted by Crippen LogP contribution is -2.43. The summed E-state index contributed by atoms with van der Waals surface area (Å²) in [6.07, 6.45) is 4.98. The third-order valence-corrected chi connectivity index (χ3v) is 5.39. The Labute approximate surface area is 141 Å². The summed E-state index contributed by atoms with van der Waals surface area (Å²) in [5.41, 5.74) is 0.215. The van der Waals surface area contributed by atoms with Crippen molar-refractivity contribution in [2.45, 2.75) is 44.1 Å². The van der Waals surface area contributed by atoms with Crippen LogP contribution in [0.4, 0.5) is 5.69 Å². The fourth-order valence-electron chi connectivity index (χ4n) is 4.18. The highest BCUT2D eigenvalue weighted by Crippen LogP contribution is 2.44. The number of fused-ring (bicyclic) bond motifs is 1. The highest BCUT2D eigenvalue weighted by molar-refractivity contribution is 6.04. The van der Waals surface area contributed by atoms with E-state index in [0.717, 1.165) is 48.6 Å². The third-order valence-electron chi connectivity index (χ3n) is 5.39. The van der Waals surface area contributed by atoms with Crippen LogP contribution in [0.25, 0.3) is 10.8 Å². The Hall–Kier alpha value is -2.36. The molecular weight excluding hydrogens is 302 g/mol. The molecule has 1 aliphatic heterocycles. The molecule has 2 aromatic carbocycles. The Morgan fingerprint density at radius 2 is 1.79 bits per heavy atom. The number of amides is 1. The Kier molecular flexibility index (Phi) is 3.75. The highest BCUT2D eigenvalue weighted by atomic mass is 16.6. The van der Waals surface area contributed by atoms with E-state index in [1.807, 2.05) is 42.5 Å². The molecule has 1 heterocycles. The van der Waals surface area contributed by atoms with Gasteiger partial charge in [0.2, 0.25) is 5.91 Å². The van der Waals surface area contributed by atoms with E-state index >= 15 is 0 Å². The van der Waals surface area contributed by atoms with E-state index in [9.17, 15) is 9.59 Å². The maximum atomic E-state index is 12.9. The van der Waals surface area contributed by atoms with Gasteiger partial charge in [-0.05, 0) is 37.1 Å². The maximum absolute atomic E-state index is 12.9. The Bertz CT molecular complexity index is 787. The Morgan fingerprint density at radius 1 is 1.04 bits per heavy atom. The van der Waals surface area contributed by atoms with Gasteiger partial charge in [0.05, 0.1) is 12.3 Å². The van der Waals surface area contributed by atoms with Gasteiger partial charge in [0.15, 0.2) is 0 Å². The molecule has 4 rings (SSSR count). The summed E-state index contributed by atoms with van der Waals surface area (Å²) in [4.78, 5) is 24.8. The van der Waals surface area contributed by atoms with Crippen molar-refractivity contribution in [1.82, 2.24) is 0 Å². The maximum Gasteiger partial charge on any atom is 0.307 e. The first-order valence-corrected chi connectivity index (χ1v) is 8.68. The van der Waals surface area contributed by atoms with Crippen molar-refractivity contribution >= 4 is 28.3 Å². The van der Waals surface area contributed by atoms with Crippen LogP contribution in [0.5, 0.6) is 0 Å². The average Bonchev–Trinajstić information content (AvgIpc) is 2.91. The molecule has 24 heavy (non-hydrogen) atoms. The second-order valence-electron chi connectivity index (χ2n) is 6.87. The van der Waals surface area contributed by atoms with Crippen LogP contribution in [-0.4, -0.2) is 17.5 Å². The summed E-state index contributed by atoms with van der Waals surface area (Å²) >= 11 is 0. The van der Waals surface area contributed by atoms with Crippen molar-refractivity contribution in [2.75, 3.05) is 5.32 Å². The van der Waals surface area contributed by atoms with E-state index in [1.165, 1.54) is 0 Å². The molecule has 1 saturated heterocycles. The molecule has 0 radical (unpaired) electrons. The molecule has 2 aromatic rings. The quantitative estimate of drug-likeness (QED) is 0.849. The lowest BCUT2D eigenvalue weighted by atomic mass is 9.75. The third kappa shape index (κ3) is 2.56. The van der Waals surface area contributed by atoms with Crippen molar-refractivity contribution in [3.8, 4) is 0 Å². The molecule has 1 N–H and O–H groups in total. The smallest absolute Gasteiger partial charge is 0.307 e. The van der Waals surface area contributed by atoms with Gasteiger partial charge in [0, 0.05) is 11.1 Å². The zero-order valence-electron chi connectivity index (χ0n) is 13.6. The van der Waals surface area contributed by atoms with E-state index < -0.39 is 5.60 Å². The first-order chi connectivity index (χ1) is 11.7. The molecule has 2 fully saturated rings. The van der Waals surface area contributed by atoms with Crippen LogP contribution in [-0.2, 0) is 14.3 Å². The van der Waals surface area contributed by atoms with Gasteiger partial charge in [-0.3, -0.25) is 9.59 Å². The molecule has 4 heteroatoms. The first kappa shape index (κ1) is 15.2. The minimum absolute atomic E-state index is 0.0981. The second-order valence-corrected chi connectivity index (χ2v) is 6.87. The number of carbonyl (C=O) groups excluding carboxylic acids is 2. The SMILES string of the molecule is O=C1C[C@@H](C(=O)Nc2cccc3ccccc23)C2(CCCCC2)O1. The summed E-state index contributed by atoms with van der Waals surface area (Å²) in [7, 11) is 0. The molecule has 1 spiro atoms. The zero-order valence-corrected chi connectivity index (χ0v) is 13.6. The molecule has 0 aromatic heterocycles. The van der Waals surface area contributed by atoms with Gasteiger partial charge in [-0.15, -0.1) is 0 Å². The predicted molar refractivity (Wildman–Crippen MR) is 92.6 cm³/mol. The molecule has 1 atom stereocenters. The van der Waals surface area contributed by atoms with Crippen molar-refractivity contribution in [3.63, 3.8) is 0 Å². The van der Waals surface area contributed by atoms with E-state index in [1.54, 1.807) is 0 Å². The number of ether oxygens (including phenoxy) is 1. The first-order valence-electron chi connectivity index (χ1n) is 8.68. The van der Waals surface area contributed by atoms with E-state index in [4.69, 9.17) is 4.74 Å². The minimum Gasteiger partial charge on any atom is -0.458 e. The van der Waals surface area contributed by atoms with Crippen molar-refractivity contribution < 1.29 is 14.3 Å². The Balaban J connectivity index is 1.62. The van der Waals surface area contributed by atoms with Gasteiger partial charge in [0.1, 0.15) is 5.60 Å².